The van der Waals surface area contributed by atoms with E-state index in [2.05, 4.69) is 11.8 Å². The van der Waals surface area contributed by atoms with Crippen molar-refractivity contribution in [3.05, 3.63) is 23.8 Å². The number of aldehydes is 1. The van der Waals surface area contributed by atoms with Crippen LogP contribution in [0, 0.1) is 5.92 Å². The first kappa shape index (κ1) is 9.20. The lowest BCUT2D eigenvalue weighted by Crippen LogP contribution is -2.29. The molecule has 2 nitrogen and oxygen atoms in total. The second-order valence-corrected chi connectivity index (χ2v) is 3.35. The first-order chi connectivity index (χ1) is 5.66. The molecule has 1 aliphatic carbocycles. The lowest BCUT2D eigenvalue weighted by molar-refractivity contribution is -0.109. The highest BCUT2D eigenvalue weighted by Crippen LogP contribution is 2.22. The van der Waals surface area contributed by atoms with Gasteiger partial charge in [-0.3, -0.25) is 0 Å². The molecule has 0 N–H and O–H groups in total. The van der Waals surface area contributed by atoms with Crippen molar-refractivity contribution in [1.29, 1.82) is 0 Å². The fraction of sp³-hybridized carbons (Fsp3) is 0.500. The van der Waals surface area contributed by atoms with Crippen LogP contribution in [0.2, 0.25) is 0 Å². The van der Waals surface area contributed by atoms with E-state index < -0.39 is 0 Å². The van der Waals surface area contributed by atoms with Crippen LogP contribution in [0.3, 0.4) is 0 Å². The molecular formula is C10H15NO. The molecule has 66 valence electrons. The molecule has 0 saturated heterocycles. The Morgan fingerprint density at radius 1 is 1.58 bits per heavy atom. The average molecular weight is 165 g/mol. The Balaban J connectivity index is 2.70. The van der Waals surface area contributed by atoms with Crippen molar-refractivity contribution in [2.24, 2.45) is 5.92 Å². The minimum atomic E-state index is 0.00222. The van der Waals surface area contributed by atoms with Crippen LogP contribution in [-0.4, -0.2) is 31.3 Å². The van der Waals surface area contributed by atoms with Crippen molar-refractivity contribution >= 4 is 6.29 Å². The third-order valence-electron chi connectivity index (χ3n) is 2.40. The topological polar surface area (TPSA) is 20.3 Å². The highest BCUT2D eigenvalue weighted by molar-refractivity contribution is 5.65. The molecule has 0 fully saturated rings. The first-order valence-electron chi connectivity index (χ1n) is 4.17. The van der Waals surface area contributed by atoms with Crippen LogP contribution < -0.4 is 0 Å². The van der Waals surface area contributed by atoms with Crippen molar-refractivity contribution in [2.45, 2.75) is 13.0 Å². The van der Waals surface area contributed by atoms with Crippen molar-refractivity contribution in [1.82, 2.24) is 4.90 Å². The predicted octanol–water partition coefficient (Wildman–Crippen LogP) is 1.25. The summed E-state index contributed by atoms with van der Waals surface area (Å²) in [5.41, 5.74) is 1.19. The van der Waals surface area contributed by atoms with Crippen molar-refractivity contribution in [3.8, 4) is 0 Å². The summed E-state index contributed by atoms with van der Waals surface area (Å²) in [6.07, 6.45) is 6.91. The molecule has 0 aromatic heterocycles. The monoisotopic (exact) mass is 165 g/mol. The van der Waals surface area contributed by atoms with E-state index in [4.69, 9.17) is 0 Å². The van der Waals surface area contributed by atoms with Gasteiger partial charge in [-0.2, -0.15) is 0 Å². The number of hydrogen-bond donors (Lipinski definition) is 0. The van der Waals surface area contributed by atoms with Gasteiger partial charge in [0.1, 0.15) is 6.29 Å². The summed E-state index contributed by atoms with van der Waals surface area (Å²) < 4.78 is 0. The average Bonchev–Trinajstić information content (AvgIpc) is 2.49. The largest absolute Gasteiger partial charge is 0.303 e. The lowest BCUT2D eigenvalue weighted by atomic mass is 9.98. The van der Waals surface area contributed by atoms with Crippen LogP contribution in [0.1, 0.15) is 6.92 Å². The van der Waals surface area contributed by atoms with Crippen LogP contribution in [0.5, 0.6) is 0 Å². The van der Waals surface area contributed by atoms with Gasteiger partial charge in [-0.05, 0) is 26.6 Å². The maximum Gasteiger partial charge on any atom is 0.130 e. The summed E-state index contributed by atoms with van der Waals surface area (Å²) in [4.78, 5) is 12.7. The summed E-state index contributed by atoms with van der Waals surface area (Å²) >= 11 is 0. The maximum atomic E-state index is 10.6. The van der Waals surface area contributed by atoms with Gasteiger partial charge in [0.05, 0.1) is 5.92 Å². The molecule has 0 aliphatic heterocycles. The molecule has 0 aromatic rings. The maximum absolute atomic E-state index is 10.6. The van der Waals surface area contributed by atoms with E-state index in [-0.39, 0.29) is 5.92 Å². The number of likely N-dealkylation sites (N-methyl/N-ethyl adjacent to an activating group) is 1. The number of allylic oxidation sites excluding steroid dienone is 3. The van der Waals surface area contributed by atoms with Gasteiger partial charge in [-0.1, -0.05) is 18.2 Å². The van der Waals surface area contributed by atoms with Crippen LogP contribution in [0.25, 0.3) is 0 Å². The Morgan fingerprint density at radius 3 is 2.75 bits per heavy atom. The number of carbonyl (C=O) groups is 1. The zero-order valence-electron chi connectivity index (χ0n) is 7.82. The molecule has 1 aliphatic rings. The summed E-state index contributed by atoms with van der Waals surface area (Å²) in [5.74, 6) is 0.00222. The van der Waals surface area contributed by atoms with Crippen LogP contribution >= 0.6 is 0 Å². The van der Waals surface area contributed by atoms with Crippen LogP contribution in [0.4, 0.5) is 0 Å². The molecule has 0 aromatic carbocycles. The zero-order chi connectivity index (χ0) is 9.14. The van der Waals surface area contributed by atoms with E-state index in [0.717, 1.165) is 6.29 Å². The molecule has 0 spiro atoms. The quantitative estimate of drug-likeness (QED) is 0.586. The molecular weight excluding hydrogens is 150 g/mol. The molecule has 2 heteroatoms. The van der Waals surface area contributed by atoms with Crippen molar-refractivity contribution in [3.63, 3.8) is 0 Å². The number of nitrogens with zero attached hydrogens (tertiary/aromatic N) is 1. The molecule has 1 unspecified atom stereocenters. The summed E-state index contributed by atoms with van der Waals surface area (Å²) in [7, 11) is 4.04. The molecule has 12 heavy (non-hydrogen) atoms. The fourth-order valence-corrected chi connectivity index (χ4v) is 1.35. The number of rotatable bonds is 3. The first-order valence-corrected chi connectivity index (χ1v) is 4.17. The van der Waals surface area contributed by atoms with Gasteiger partial charge in [-0.25, -0.2) is 0 Å². The van der Waals surface area contributed by atoms with Gasteiger partial charge in [0, 0.05) is 6.04 Å². The fourth-order valence-electron chi connectivity index (χ4n) is 1.35. The molecule has 0 bridgehead atoms. The molecule has 1 rings (SSSR count). The van der Waals surface area contributed by atoms with Gasteiger partial charge < -0.3 is 9.69 Å². The predicted molar refractivity (Wildman–Crippen MR) is 49.9 cm³/mol. The summed E-state index contributed by atoms with van der Waals surface area (Å²) in [5, 5.41) is 0. The Hall–Kier alpha value is -0.890. The van der Waals surface area contributed by atoms with Crippen molar-refractivity contribution in [2.75, 3.05) is 14.1 Å². The minimum Gasteiger partial charge on any atom is -0.303 e. The normalized spacial score (nSPS) is 24.3. The zero-order valence-corrected chi connectivity index (χ0v) is 7.82. The molecule has 0 radical (unpaired) electrons. The second kappa shape index (κ2) is 3.68. The number of hydrogen-bond acceptors (Lipinski definition) is 2. The van der Waals surface area contributed by atoms with E-state index in [1.54, 1.807) is 0 Å². The Morgan fingerprint density at radius 2 is 2.25 bits per heavy atom. The van der Waals surface area contributed by atoms with Gasteiger partial charge in [0.15, 0.2) is 0 Å². The third-order valence-corrected chi connectivity index (χ3v) is 2.40. The van der Waals surface area contributed by atoms with Gasteiger partial charge in [0.2, 0.25) is 0 Å². The van der Waals surface area contributed by atoms with E-state index in [9.17, 15) is 4.79 Å². The standard InChI is InChI=1S/C10H15NO/c1-8(11(2)3)10-6-4-5-9(10)7-12/h4-9H,1-3H3/t8-,9?/m1/s1. The Kier molecular flexibility index (Phi) is 2.82. The van der Waals surface area contributed by atoms with Gasteiger partial charge >= 0.3 is 0 Å². The Bertz CT molecular complexity index is 228. The van der Waals surface area contributed by atoms with E-state index in [0.29, 0.717) is 6.04 Å². The number of carbonyl (C=O) groups excluding carboxylic acids is 1. The third kappa shape index (κ3) is 1.64. The summed E-state index contributed by atoms with van der Waals surface area (Å²) in [6, 6.07) is 0.343. The van der Waals surface area contributed by atoms with Crippen molar-refractivity contribution < 1.29 is 4.79 Å². The summed E-state index contributed by atoms with van der Waals surface area (Å²) in [6.45, 7) is 2.11. The van der Waals surface area contributed by atoms with E-state index in [1.165, 1.54) is 5.57 Å². The molecule has 0 saturated carbocycles. The van der Waals surface area contributed by atoms with Crippen LogP contribution in [0.15, 0.2) is 23.8 Å². The Labute approximate surface area is 73.6 Å². The molecule has 0 amide bonds. The molecule has 0 heterocycles. The molecule has 2 atom stereocenters. The SMILES string of the molecule is C[C@H](C1=CC=CC1C=O)N(C)C. The highest BCUT2D eigenvalue weighted by atomic mass is 16.1. The van der Waals surface area contributed by atoms with Crippen LogP contribution in [-0.2, 0) is 4.79 Å². The minimum absolute atomic E-state index is 0.00222. The lowest BCUT2D eigenvalue weighted by Gasteiger charge is -2.23. The smallest absolute Gasteiger partial charge is 0.130 e. The van der Waals surface area contributed by atoms with Gasteiger partial charge in [-0.15, -0.1) is 0 Å². The van der Waals surface area contributed by atoms with E-state index >= 15 is 0 Å². The van der Waals surface area contributed by atoms with E-state index in [1.807, 2.05) is 32.3 Å². The highest BCUT2D eigenvalue weighted by Gasteiger charge is 2.20. The van der Waals surface area contributed by atoms with Gasteiger partial charge in [0.25, 0.3) is 0 Å². The second-order valence-electron chi connectivity index (χ2n) is 3.35.